The average Bonchev–Trinajstić information content (AvgIpc) is 3.04. The molecular formula is C18H25N5OS. The van der Waals surface area contributed by atoms with Gasteiger partial charge in [0.15, 0.2) is 0 Å². The molecular weight excluding hydrogens is 334 g/mol. The molecule has 2 aromatic rings. The van der Waals surface area contributed by atoms with Crippen LogP contribution in [0.4, 0.5) is 0 Å². The van der Waals surface area contributed by atoms with Crippen molar-refractivity contribution in [3.05, 3.63) is 29.3 Å². The predicted molar refractivity (Wildman–Crippen MR) is 99.0 cm³/mol. The van der Waals surface area contributed by atoms with E-state index >= 15 is 0 Å². The number of carbonyl (C=O) groups excluding carboxylic acids is 1. The van der Waals surface area contributed by atoms with Gasteiger partial charge >= 0.3 is 0 Å². The van der Waals surface area contributed by atoms with Crippen LogP contribution >= 0.6 is 11.8 Å². The highest BCUT2D eigenvalue weighted by Crippen LogP contribution is 2.25. The quantitative estimate of drug-likeness (QED) is 0.785. The fraction of sp³-hybridized carbons (Fsp3) is 0.556. The zero-order valence-electron chi connectivity index (χ0n) is 15.3. The van der Waals surface area contributed by atoms with E-state index in [1.54, 1.807) is 4.68 Å². The zero-order chi connectivity index (χ0) is 18.0. The van der Waals surface area contributed by atoms with Gasteiger partial charge in [-0.3, -0.25) is 4.79 Å². The molecule has 0 saturated carbocycles. The van der Waals surface area contributed by atoms with Crippen molar-refractivity contribution in [3.8, 4) is 5.69 Å². The molecule has 1 aliphatic rings. The van der Waals surface area contributed by atoms with Crippen LogP contribution in [0.15, 0.2) is 23.4 Å². The number of aryl methyl sites for hydroxylation is 2. The number of hydrogen-bond donors (Lipinski definition) is 0. The number of thioether (sulfide) groups is 1. The number of nitrogens with zero attached hydrogens (tertiary/aromatic N) is 5. The number of benzene rings is 1. The van der Waals surface area contributed by atoms with Crippen molar-refractivity contribution < 1.29 is 4.79 Å². The normalized spacial score (nSPS) is 20.7. The Balaban J connectivity index is 1.71. The van der Waals surface area contributed by atoms with Crippen LogP contribution < -0.4 is 0 Å². The van der Waals surface area contributed by atoms with Crippen LogP contribution in [0, 0.1) is 13.8 Å². The Hall–Kier alpha value is -1.89. The van der Waals surface area contributed by atoms with E-state index in [9.17, 15) is 4.79 Å². The minimum absolute atomic E-state index is 0.166. The summed E-state index contributed by atoms with van der Waals surface area (Å²) in [5, 5.41) is 12.6. The average molecular weight is 359 g/mol. The van der Waals surface area contributed by atoms with Gasteiger partial charge in [-0.05, 0) is 80.6 Å². The lowest BCUT2D eigenvalue weighted by molar-refractivity contribution is -0.134. The highest BCUT2D eigenvalue weighted by Gasteiger charge is 2.29. The SMILES string of the molecule is Cc1ccc(-n2nnnc2SCC(=O)N2[C@H](C)CCC[C@H]2C)cc1C. The molecule has 0 N–H and O–H groups in total. The van der Waals surface area contributed by atoms with Crippen molar-refractivity contribution in [1.82, 2.24) is 25.1 Å². The highest BCUT2D eigenvalue weighted by molar-refractivity contribution is 7.99. The van der Waals surface area contributed by atoms with E-state index < -0.39 is 0 Å². The van der Waals surface area contributed by atoms with Gasteiger partial charge in [0.2, 0.25) is 11.1 Å². The zero-order valence-corrected chi connectivity index (χ0v) is 16.1. The second-order valence-corrected chi connectivity index (χ2v) is 7.80. The molecule has 7 heteroatoms. The molecule has 2 atom stereocenters. The molecule has 1 fully saturated rings. The first-order valence-electron chi connectivity index (χ1n) is 8.77. The summed E-state index contributed by atoms with van der Waals surface area (Å²) >= 11 is 1.40. The molecule has 0 aliphatic carbocycles. The largest absolute Gasteiger partial charge is 0.337 e. The van der Waals surface area contributed by atoms with Crippen LogP contribution in [0.1, 0.15) is 44.2 Å². The number of carbonyl (C=O) groups is 1. The van der Waals surface area contributed by atoms with Gasteiger partial charge < -0.3 is 4.90 Å². The molecule has 0 unspecified atom stereocenters. The first-order chi connectivity index (χ1) is 12.0. The third kappa shape index (κ3) is 3.86. The van der Waals surface area contributed by atoms with Crippen molar-refractivity contribution in [2.75, 3.05) is 5.75 Å². The van der Waals surface area contributed by atoms with Gasteiger partial charge in [-0.25, -0.2) is 0 Å². The topological polar surface area (TPSA) is 63.9 Å². The fourth-order valence-electron chi connectivity index (χ4n) is 3.40. The Kier molecular flexibility index (Phi) is 5.42. The Labute approximate surface area is 153 Å². The molecule has 2 heterocycles. The van der Waals surface area contributed by atoms with Gasteiger partial charge in [0, 0.05) is 12.1 Å². The lowest BCUT2D eigenvalue weighted by Gasteiger charge is -2.39. The molecule has 25 heavy (non-hydrogen) atoms. The summed E-state index contributed by atoms with van der Waals surface area (Å²) in [5.41, 5.74) is 3.34. The number of amides is 1. The predicted octanol–water partition coefficient (Wildman–Crippen LogP) is 3.16. The van der Waals surface area contributed by atoms with Gasteiger partial charge in [-0.15, -0.1) is 5.10 Å². The van der Waals surface area contributed by atoms with Gasteiger partial charge in [0.25, 0.3) is 0 Å². The molecule has 6 nitrogen and oxygen atoms in total. The van der Waals surface area contributed by atoms with Crippen molar-refractivity contribution >= 4 is 17.7 Å². The van der Waals surface area contributed by atoms with E-state index in [-0.39, 0.29) is 5.91 Å². The number of piperidine rings is 1. The highest BCUT2D eigenvalue weighted by atomic mass is 32.2. The van der Waals surface area contributed by atoms with E-state index in [2.05, 4.69) is 55.4 Å². The molecule has 0 radical (unpaired) electrons. The van der Waals surface area contributed by atoms with E-state index in [1.807, 2.05) is 11.0 Å². The first-order valence-corrected chi connectivity index (χ1v) is 9.76. The number of rotatable bonds is 4. The summed E-state index contributed by atoms with van der Waals surface area (Å²) < 4.78 is 1.70. The molecule has 1 aliphatic heterocycles. The fourth-order valence-corrected chi connectivity index (χ4v) is 4.16. The van der Waals surface area contributed by atoms with E-state index in [1.165, 1.54) is 29.3 Å². The summed E-state index contributed by atoms with van der Waals surface area (Å²) in [5.74, 6) is 0.527. The maximum absolute atomic E-state index is 12.7. The molecule has 1 aromatic carbocycles. The minimum atomic E-state index is 0.166. The number of likely N-dealkylation sites (tertiary alicyclic amines) is 1. The molecule has 1 aromatic heterocycles. The summed E-state index contributed by atoms with van der Waals surface area (Å²) in [6.45, 7) is 8.42. The Morgan fingerprint density at radius 1 is 1.20 bits per heavy atom. The monoisotopic (exact) mass is 359 g/mol. The van der Waals surface area contributed by atoms with Crippen molar-refractivity contribution in [2.45, 2.75) is 64.2 Å². The van der Waals surface area contributed by atoms with Gasteiger partial charge in [-0.1, -0.05) is 17.8 Å². The summed E-state index contributed by atoms with van der Waals surface area (Å²) in [4.78, 5) is 14.7. The van der Waals surface area contributed by atoms with Crippen LogP contribution in [0.2, 0.25) is 0 Å². The molecule has 0 spiro atoms. The Bertz CT molecular complexity index is 750. The standard InChI is InChI=1S/C18H25N5OS/c1-12-8-9-16(10-13(12)2)23-18(19-20-21-23)25-11-17(24)22-14(3)6-5-7-15(22)4/h8-10,14-15H,5-7,11H2,1-4H3/t14-,15-/m1/s1. The Morgan fingerprint density at radius 3 is 2.60 bits per heavy atom. The van der Waals surface area contributed by atoms with Crippen LogP contribution in [0.3, 0.4) is 0 Å². The van der Waals surface area contributed by atoms with Crippen molar-refractivity contribution in [3.63, 3.8) is 0 Å². The van der Waals surface area contributed by atoms with Crippen molar-refractivity contribution in [1.29, 1.82) is 0 Å². The lowest BCUT2D eigenvalue weighted by atomic mass is 9.98. The minimum Gasteiger partial charge on any atom is -0.337 e. The third-order valence-corrected chi connectivity index (χ3v) is 5.89. The van der Waals surface area contributed by atoms with E-state index in [0.29, 0.717) is 23.0 Å². The number of hydrogen-bond acceptors (Lipinski definition) is 5. The third-order valence-electron chi connectivity index (χ3n) is 4.98. The van der Waals surface area contributed by atoms with E-state index in [0.717, 1.165) is 18.5 Å². The van der Waals surface area contributed by atoms with Crippen LogP contribution in [-0.2, 0) is 4.79 Å². The molecule has 0 bridgehead atoms. The Morgan fingerprint density at radius 2 is 1.92 bits per heavy atom. The van der Waals surface area contributed by atoms with Crippen molar-refractivity contribution in [2.24, 2.45) is 0 Å². The summed E-state index contributed by atoms with van der Waals surface area (Å²) in [7, 11) is 0. The number of aromatic nitrogens is 4. The number of tetrazole rings is 1. The van der Waals surface area contributed by atoms with Gasteiger partial charge in [-0.2, -0.15) is 4.68 Å². The molecule has 134 valence electrons. The van der Waals surface area contributed by atoms with Gasteiger partial charge in [0.1, 0.15) is 0 Å². The van der Waals surface area contributed by atoms with Crippen LogP contribution in [0.5, 0.6) is 0 Å². The summed E-state index contributed by atoms with van der Waals surface area (Å²) in [6.07, 6.45) is 3.37. The molecule has 1 saturated heterocycles. The maximum Gasteiger partial charge on any atom is 0.233 e. The molecule has 1 amide bonds. The molecule has 3 rings (SSSR count). The van der Waals surface area contributed by atoms with E-state index in [4.69, 9.17) is 0 Å². The summed E-state index contributed by atoms with van der Waals surface area (Å²) in [6, 6.07) is 6.74. The smallest absolute Gasteiger partial charge is 0.233 e. The second-order valence-electron chi connectivity index (χ2n) is 6.86. The maximum atomic E-state index is 12.7. The van der Waals surface area contributed by atoms with Crippen LogP contribution in [-0.4, -0.2) is 48.9 Å². The second kappa shape index (κ2) is 7.56. The first kappa shape index (κ1) is 17.9. The van der Waals surface area contributed by atoms with Crippen LogP contribution in [0.25, 0.3) is 5.69 Å². The lowest BCUT2D eigenvalue weighted by Crippen LogP contribution is -2.48. The van der Waals surface area contributed by atoms with Gasteiger partial charge in [0.05, 0.1) is 11.4 Å².